The Balaban J connectivity index is 1.92. The van der Waals surface area contributed by atoms with Gasteiger partial charge in [0.1, 0.15) is 0 Å². The lowest BCUT2D eigenvalue weighted by atomic mass is 10.2. The van der Waals surface area contributed by atoms with Gasteiger partial charge in [0.05, 0.1) is 11.8 Å². The average molecular weight is 260 g/mol. The highest BCUT2D eigenvalue weighted by atomic mass is 16.5. The molecule has 0 aromatic carbocycles. The fraction of sp³-hybridized carbons (Fsp3) is 0.571. The van der Waals surface area contributed by atoms with Crippen LogP contribution in [-0.4, -0.2) is 34.0 Å². The molecule has 1 saturated heterocycles. The minimum absolute atomic E-state index is 0.308. The number of hydrogen-bond acceptors (Lipinski definition) is 4. The second kappa shape index (κ2) is 4.81. The van der Waals surface area contributed by atoms with Crippen LogP contribution in [-0.2, 0) is 11.8 Å². The smallest absolute Gasteiger partial charge is 0.158 e. The Kier molecular flexibility index (Phi) is 3.14. The van der Waals surface area contributed by atoms with Crippen LogP contribution in [0.25, 0.3) is 10.8 Å². The molecule has 2 aromatic rings. The van der Waals surface area contributed by atoms with Gasteiger partial charge in [-0.25, -0.2) is 0 Å². The van der Waals surface area contributed by atoms with E-state index in [0.29, 0.717) is 6.10 Å². The molecule has 1 atom stereocenters. The molecule has 1 unspecified atom stereocenters. The van der Waals surface area contributed by atoms with Crippen LogP contribution in [0.1, 0.15) is 24.2 Å². The van der Waals surface area contributed by atoms with Crippen molar-refractivity contribution in [2.75, 3.05) is 18.5 Å². The Bertz CT molecular complexity index is 599. The fourth-order valence-corrected chi connectivity index (χ4v) is 2.67. The lowest BCUT2D eigenvalue weighted by Gasteiger charge is -2.12. The molecule has 0 amide bonds. The number of rotatable bonds is 3. The largest absolute Gasteiger partial charge is 0.376 e. The molecule has 0 bridgehead atoms. The molecule has 5 nitrogen and oxygen atoms in total. The normalized spacial score (nSPS) is 19.2. The number of ether oxygens (including phenoxy) is 1. The zero-order valence-corrected chi connectivity index (χ0v) is 11.7. The van der Waals surface area contributed by atoms with Crippen LogP contribution in [0.15, 0.2) is 6.20 Å². The third-order valence-corrected chi connectivity index (χ3v) is 3.93. The highest BCUT2D eigenvalue weighted by molar-refractivity contribution is 5.95. The molecule has 102 valence electrons. The Morgan fingerprint density at radius 2 is 2.26 bits per heavy atom. The summed E-state index contributed by atoms with van der Waals surface area (Å²) in [6.07, 6.45) is 4.71. The van der Waals surface area contributed by atoms with Crippen LogP contribution in [0.5, 0.6) is 0 Å². The van der Waals surface area contributed by atoms with Crippen molar-refractivity contribution in [1.82, 2.24) is 14.8 Å². The van der Waals surface area contributed by atoms with Crippen molar-refractivity contribution in [2.24, 2.45) is 7.05 Å². The predicted octanol–water partition coefficient (Wildman–Crippen LogP) is 2.18. The van der Waals surface area contributed by atoms with E-state index in [1.165, 1.54) is 16.5 Å². The van der Waals surface area contributed by atoms with Crippen molar-refractivity contribution in [2.45, 2.75) is 32.8 Å². The minimum Gasteiger partial charge on any atom is -0.376 e. The van der Waals surface area contributed by atoms with E-state index in [1.54, 1.807) is 0 Å². The summed E-state index contributed by atoms with van der Waals surface area (Å²) in [6, 6.07) is 0. The quantitative estimate of drug-likeness (QED) is 0.919. The summed E-state index contributed by atoms with van der Waals surface area (Å²) in [5.41, 5.74) is 2.18. The van der Waals surface area contributed by atoms with Crippen LogP contribution < -0.4 is 5.32 Å². The maximum Gasteiger partial charge on any atom is 0.158 e. The Morgan fingerprint density at radius 3 is 3.00 bits per heavy atom. The van der Waals surface area contributed by atoms with Gasteiger partial charge in [-0.05, 0) is 26.7 Å². The minimum atomic E-state index is 0.308. The van der Waals surface area contributed by atoms with E-state index in [-0.39, 0.29) is 0 Å². The first-order chi connectivity index (χ1) is 9.16. The molecule has 1 fully saturated rings. The molecule has 0 aliphatic carbocycles. The van der Waals surface area contributed by atoms with E-state index in [9.17, 15) is 0 Å². The van der Waals surface area contributed by atoms with Gasteiger partial charge in [0.2, 0.25) is 0 Å². The van der Waals surface area contributed by atoms with Gasteiger partial charge >= 0.3 is 0 Å². The van der Waals surface area contributed by atoms with Crippen molar-refractivity contribution in [3.63, 3.8) is 0 Å². The molecule has 0 spiro atoms. The van der Waals surface area contributed by atoms with Gasteiger partial charge in [-0.15, -0.1) is 5.10 Å². The fourth-order valence-electron chi connectivity index (χ4n) is 2.67. The third-order valence-electron chi connectivity index (χ3n) is 3.93. The summed E-state index contributed by atoms with van der Waals surface area (Å²) in [6.45, 7) is 5.80. The zero-order valence-electron chi connectivity index (χ0n) is 11.7. The van der Waals surface area contributed by atoms with Gasteiger partial charge in [-0.2, -0.15) is 5.10 Å². The molecule has 19 heavy (non-hydrogen) atoms. The summed E-state index contributed by atoms with van der Waals surface area (Å²) in [5.74, 6) is 0.870. The molecular formula is C14H20N4O. The average Bonchev–Trinajstić information content (AvgIpc) is 3.00. The molecule has 5 heteroatoms. The van der Waals surface area contributed by atoms with Gasteiger partial charge in [-0.1, -0.05) is 0 Å². The van der Waals surface area contributed by atoms with Gasteiger partial charge in [0.15, 0.2) is 5.82 Å². The molecule has 0 saturated carbocycles. The maximum absolute atomic E-state index is 5.63. The lowest BCUT2D eigenvalue weighted by molar-refractivity contribution is 0.120. The monoisotopic (exact) mass is 260 g/mol. The van der Waals surface area contributed by atoms with Crippen molar-refractivity contribution >= 4 is 16.6 Å². The number of nitrogens with one attached hydrogen (secondary N) is 1. The Labute approximate surface area is 113 Å². The van der Waals surface area contributed by atoms with Crippen LogP contribution in [0.3, 0.4) is 0 Å². The topological polar surface area (TPSA) is 52.0 Å². The van der Waals surface area contributed by atoms with Crippen molar-refractivity contribution in [3.05, 3.63) is 17.6 Å². The van der Waals surface area contributed by atoms with Crippen LogP contribution in [0, 0.1) is 13.8 Å². The molecule has 1 aliphatic rings. The maximum atomic E-state index is 5.63. The summed E-state index contributed by atoms with van der Waals surface area (Å²) in [4.78, 5) is 0. The van der Waals surface area contributed by atoms with Gasteiger partial charge in [-0.3, -0.25) is 0 Å². The molecule has 1 aliphatic heterocycles. The van der Waals surface area contributed by atoms with Crippen LogP contribution >= 0.6 is 0 Å². The number of nitrogens with zero attached hydrogens (tertiary/aromatic N) is 3. The number of hydrogen-bond donors (Lipinski definition) is 1. The summed E-state index contributed by atoms with van der Waals surface area (Å²) >= 11 is 0. The first-order valence-electron chi connectivity index (χ1n) is 6.81. The standard InChI is InChI=1S/C14H20N4O/c1-9-12-8-18(3)10(2)13(12)14(17-16-9)15-7-11-5-4-6-19-11/h8,11H,4-7H2,1-3H3,(H,15,17). The first kappa shape index (κ1) is 12.4. The van der Waals surface area contributed by atoms with E-state index in [1.807, 2.05) is 6.92 Å². The molecule has 3 rings (SSSR count). The number of fused-ring (bicyclic) bond motifs is 1. The van der Waals surface area contributed by atoms with E-state index in [2.05, 4.69) is 40.2 Å². The van der Waals surface area contributed by atoms with E-state index in [4.69, 9.17) is 4.74 Å². The van der Waals surface area contributed by atoms with Gasteiger partial charge < -0.3 is 14.6 Å². The summed E-state index contributed by atoms with van der Waals surface area (Å²) in [7, 11) is 2.05. The SMILES string of the molecule is Cc1nnc(NCC2CCCO2)c2c(C)n(C)cc12. The molecule has 0 radical (unpaired) electrons. The van der Waals surface area contributed by atoms with Crippen LogP contribution in [0.4, 0.5) is 5.82 Å². The number of anilines is 1. The Hall–Kier alpha value is -1.62. The molecule has 3 heterocycles. The van der Waals surface area contributed by atoms with E-state index in [0.717, 1.165) is 37.5 Å². The molecular weight excluding hydrogens is 240 g/mol. The van der Waals surface area contributed by atoms with E-state index < -0.39 is 0 Å². The highest BCUT2D eigenvalue weighted by Crippen LogP contribution is 2.27. The molecule has 1 N–H and O–H groups in total. The summed E-state index contributed by atoms with van der Waals surface area (Å²) < 4.78 is 7.75. The zero-order chi connectivity index (χ0) is 13.4. The predicted molar refractivity (Wildman–Crippen MR) is 75.4 cm³/mol. The Morgan fingerprint density at radius 1 is 1.42 bits per heavy atom. The number of aryl methyl sites for hydroxylation is 3. The van der Waals surface area contributed by atoms with Gasteiger partial charge in [0.25, 0.3) is 0 Å². The van der Waals surface area contributed by atoms with E-state index >= 15 is 0 Å². The van der Waals surface area contributed by atoms with Gasteiger partial charge in [0, 0.05) is 42.9 Å². The van der Waals surface area contributed by atoms with Crippen molar-refractivity contribution in [1.29, 1.82) is 0 Å². The third kappa shape index (κ3) is 2.18. The highest BCUT2D eigenvalue weighted by Gasteiger charge is 2.17. The van der Waals surface area contributed by atoms with Crippen LogP contribution in [0.2, 0.25) is 0 Å². The first-order valence-corrected chi connectivity index (χ1v) is 6.81. The second-order valence-electron chi connectivity index (χ2n) is 5.26. The molecule has 2 aromatic heterocycles. The lowest BCUT2D eigenvalue weighted by Crippen LogP contribution is -2.19. The van der Waals surface area contributed by atoms with Crippen molar-refractivity contribution in [3.8, 4) is 0 Å². The second-order valence-corrected chi connectivity index (χ2v) is 5.26. The number of aromatic nitrogens is 3. The van der Waals surface area contributed by atoms with Crippen molar-refractivity contribution < 1.29 is 4.74 Å². The summed E-state index contributed by atoms with van der Waals surface area (Å²) in [5, 5.41) is 14.3.